The van der Waals surface area contributed by atoms with Gasteiger partial charge >= 0.3 is 0 Å². The third-order valence-corrected chi connectivity index (χ3v) is 3.77. The Kier molecular flexibility index (Phi) is 4.02. The molecule has 21 heavy (non-hydrogen) atoms. The molecule has 0 spiro atoms. The molecule has 0 atom stereocenters. The highest BCUT2D eigenvalue weighted by molar-refractivity contribution is 6.05. The fraction of sp³-hybridized carbons (Fsp3) is 0.278. The first-order valence-corrected chi connectivity index (χ1v) is 7.42. The number of carbonyl (C=O) groups is 1. The second-order valence-electron chi connectivity index (χ2n) is 5.62. The van der Waals surface area contributed by atoms with E-state index in [0.717, 1.165) is 23.4 Å². The minimum absolute atomic E-state index is 0.0584. The number of anilines is 1. The molecule has 0 aliphatic heterocycles. The van der Waals surface area contributed by atoms with Crippen LogP contribution in [0.1, 0.15) is 34.3 Å². The van der Waals surface area contributed by atoms with Gasteiger partial charge in [-0.2, -0.15) is 0 Å². The maximum Gasteiger partial charge on any atom is 0.255 e. The summed E-state index contributed by atoms with van der Waals surface area (Å²) in [5.74, 6) is -0.0584. The Hall–Kier alpha value is -2.13. The number of hydrogen-bond donors (Lipinski definition) is 2. The molecule has 3 heteroatoms. The van der Waals surface area contributed by atoms with Crippen molar-refractivity contribution in [3.05, 3.63) is 65.2 Å². The van der Waals surface area contributed by atoms with Crippen LogP contribution in [0.15, 0.2) is 48.5 Å². The normalized spacial score (nSPS) is 14.0. The average molecular weight is 280 g/mol. The van der Waals surface area contributed by atoms with E-state index in [4.69, 9.17) is 0 Å². The quantitative estimate of drug-likeness (QED) is 0.880. The van der Waals surface area contributed by atoms with Gasteiger partial charge in [0.1, 0.15) is 0 Å². The summed E-state index contributed by atoms with van der Waals surface area (Å²) in [5, 5.41) is 6.42. The highest BCUT2D eigenvalue weighted by atomic mass is 16.1. The van der Waals surface area contributed by atoms with Crippen molar-refractivity contribution < 1.29 is 4.79 Å². The molecule has 2 aromatic carbocycles. The van der Waals surface area contributed by atoms with Crippen molar-refractivity contribution >= 4 is 11.6 Å². The maximum absolute atomic E-state index is 12.2. The zero-order valence-corrected chi connectivity index (χ0v) is 12.2. The van der Waals surface area contributed by atoms with Crippen LogP contribution < -0.4 is 10.6 Å². The summed E-state index contributed by atoms with van der Waals surface area (Å²) < 4.78 is 0. The summed E-state index contributed by atoms with van der Waals surface area (Å²) in [6.45, 7) is 2.85. The lowest BCUT2D eigenvalue weighted by molar-refractivity contribution is 0.102. The van der Waals surface area contributed by atoms with Crippen LogP contribution in [0.2, 0.25) is 0 Å². The van der Waals surface area contributed by atoms with Gasteiger partial charge in [0.2, 0.25) is 0 Å². The van der Waals surface area contributed by atoms with Gasteiger partial charge in [-0.15, -0.1) is 0 Å². The summed E-state index contributed by atoms with van der Waals surface area (Å²) in [7, 11) is 0. The molecule has 0 saturated heterocycles. The summed E-state index contributed by atoms with van der Waals surface area (Å²) in [4.78, 5) is 12.2. The predicted molar refractivity (Wildman–Crippen MR) is 85.4 cm³/mol. The van der Waals surface area contributed by atoms with Crippen molar-refractivity contribution in [2.45, 2.75) is 32.4 Å². The number of hydrogen-bond acceptors (Lipinski definition) is 2. The van der Waals surface area contributed by atoms with Gasteiger partial charge in [0.05, 0.1) is 0 Å². The average Bonchev–Trinajstić information content (AvgIpc) is 3.31. The summed E-state index contributed by atoms with van der Waals surface area (Å²) in [6, 6.07) is 16.4. The monoisotopic (exact) mass is 280 g/mol. The first kappa shape index (κ1) is 13.8. The second-order valence-corrected chi connectivity index (χ2v) is 5.62. The van der Waals surface area contributed by atoms with E-state index in [-0.39, 0.29) is 5.91 Å². The van der Waals surface area contributed by atoms with Gasteiger partial charge < -0.3 is 10.6 Å². The van der Waals surface area contributed by atoms with E-state index in [1.165, 1.54) is 18.4 Å². The zero-order valence-electron chi connectivity index (χ0n) is 12.2. The summed E-state index contributed by atoms with van der Waals surface area (Å²) in [5.41, 5.74) is 3.78. The van der Waals surface area contributed by atoms with Crippen LogP contribution in [0, 0.1) is 6.92 Å². The molecule has 1 aliphatic rings. The topological polar surface area (TPSA) is 41.1 Å². The first-order chi connectivity index (χ1) is 10.2. The Morgan fingerprint density at radius 2 is 1.81 bits per heavy atom. The number of rotatable bonds is 5. The minimum Gasteiger partial charge on any atom is -0.322 e. The van der Waals surface area contributed by atoms with Crippen molar-refractivity contribution in [2.75, 3.05) is 5.32 Å². The van der Waals surface area contributed by atoms with E-state index < -0.39 is 0 Å². The Labute approximate surface area is 125 Å². The smallest absolute Gasteiger partial charge is 0.255 e. The third-order valence-electron chi connectivity index (χ3n) is 3.77. The van der Waals surface area contributed by atoms with E-state index in [1.54, 1.807) is 0 Å². The molecular formula is C18H20N2O. The number of amides is 1. The largest absolute Gasteiger partial charge is 0.322 e. The highest BCUT2D eigenvalue weighted by Crippen LogP contribution is 2.19. The van der Waals surface area contributed by atoms with Crippen LogP contribution in [-0.2, 0) is 6.54 Å². The lowest BCUT2D eigenvalue weighted by atomic mass is 10.1. The molecule has 2 aromatic rings. The lowest BCUT2D eigenvalue weighted by Gasteiger charge is -2.09. The van der Waals surface area contributed by atoms with Gasteiger partial charge in [0, 0.05) is 23.8 Å². The predicted octanol–water partition coefficient (Wildman–Crippen LogP) is 3.50. The van der Waals surface area contributed by atoms with Crippen molar-refractivity contribution in [1.82, 2.24) is 5.32 Å². The van der Waals surface area contributed by atoms with Gasteiger partial charge in [-0.1, -0.05) is 30.3 Å². The van der Waals surface area contributed by atoms with E-state index in [0.29, 0.717) is 6.04 Å². The Morgan fingerprint density at radius 1 is 1.10 bits per heavy atom. The number of nitrogens with one attached hydrogen (secondary N) is 2. The van der Waals surface area contributed by atoms with Crippen LogP contribution in [0.25, 0.3) is 0 Å². The molecule has 0 radical (unpaired) electrons. The zero-order chi connectivity index (χ0) is 14.7. The maximum atomic E-state index is 12.2. The van der Waals surface area contributed by atoms with E-state index in [1.807, 2.05) is 43.3 Å². The fourth-order valence-electron chi connectivity index (χ4n) is 2.28. The first-order valence-electron chi connectivity index (χ1n) is 7.42. The van der Waals surface area contributed by atoms with Crippen molar-refractivity contribution in [3.63, 3.8) is 0 Å². The van der Waals surface area contributed by atoms with Crippen LogP contribution in [0.4, 0.5) is 5.69 Å². The fourth-order valence-corrected chi connectivity index (χ4v) is 2.28. The summed E-state index contributed by atoms with van der Waals surface area (Å²) >= 11 is 0. The molecule has 0 heterocycles. The van der Waals surface area contributed by atoms with Crippen molar-refractivity contribution in [2.24, 2.45) is 0 Å². The molecule has 2 N–H and O–H groups in total. The van der Waals surface area contributed by atoms with Crippen molar-refractivity contribution in [3.8, 4) is 0 Å². The van der Waals surface area contributed by atoms with Crippen LogP contribution in [-0.4, -0.2) is 11.9 Å². The SMILES string of the molecule is Cc1ccccc1C(=O)Nc1ccc(CNC2CC2)cc1. The Morgan fingerprint density at radius 3 is 2.48 bits per heavy atom. The highest BCUT2D eigenvalue weighted by Gasteiger charge is 2.19. The molecule has 1 fully saturated rings. The lowest BCUT2D eigenvalue weighted by Crippen LogP contribution is -2.15. The van der Waals surface area contributed by atoms with Crippen molar-refractivity contribution in [1.29, 1.82) is 0 Å². The standard InChI is InChI=1S/C18H20N2O/c1-13-4-2-3-5-17(13)18(21)20-16-8-6-14(7-9-16)12-19-15-10-11-15/h2-9,15,19H,10-12H2,1H3,(H,20,21). The van der Waals surface area contributed by atoms with E-state index >= 15 is 0 Å². The minimum atomic E-state index is -0.0584. The van der Waals surface area contributed by atoms with Gasteiger partial charge in [-0.05, 0) is 49.1 Å². The molecule has 0 bridgehead atoms. The second kappa shape index (κ2) is 6.10. The molecule has 1 aliphatic carbocycles. The molecule has 108 valence electrons. The van der Waals surface area contributed by atoms with Crippen LogP contribution in [0.5, 0.6) is 0 Å². The van der Waals surface area contributed by atoms with E-state index in [9.17, 15) is 4.79 Å². The number of benzene rings is 2. The number of carbonyl (C=O) groups excluding carboxylic acids is 1. The third kappa shape index (κ3) is 3.70. The Balaban J connectivity index is 1.61. The molecular weight excluding hydrogens is 260 g/mol. The van der Waals surface area contributed by atoms with Crippen LogP contribution in [0.3, 0.4) is 0 Å². The van der Waals surface area contributed by atoms with Gasteiger partial charge in [0.15, 0.2) is 0 Å². The summed E-state index contributed by atoms with van der Waals surface area (Å²) in [6.07, 6.45) is 2.59. The van der Waals surface area contributed by atoms with Crippen LogP contribution >= 0.6 is 0 Å². The van der Waals surface area contributed by atoms with E-state index in [2.05, 4.69) is 22.8 Å². The molecule has 1 amide bonds. The van der Waals surface area contributed by atoms with Gasteiger partial charge in [-0.25, -0.2) is 0 Å². The Bertz CT molecular complexity index is 630. The van der Waals surface area contributed by atoms with Gasteiger partial charge in [0.25, 0.3) is 5.91 Å². The molecule has 0 aromatic heterocycles. The molecule has 3 rings (SSSR count). The van der Waals surface area contributed by atoms with Gasteiger partial charge in [-0.3, -0.25) is 4.79 Å². The molecule has 1 saturated carbocycles. The molecule has 3 nitrogen and oxygen atoms in total. The molecule has 0 unspecified atom stereocenters. The number of aryl methyl sites for hydroxylation is 1.